The Morgan fingerprint density at radius 2 is 1.43 bits per heavy atom. The molecule has 1 N–H and O–H groups in total. The van der Waals surface area contributed by atoms with Gasteiger partial charge >= 0.3 is 0 Å². The normalized spacial score (nSPS) is 16.6. The second-order valence-corrected chi connectivity index (χ2v) is 10.0. The van der Waals surface area contributed by atoms with Crippen LogP contribution in [0.3, 0.4) is 0 Å². The molecule has 5 aromatic carbocycles. The largest absolute Gasteiger partial charge is 0.298 e. The average Bonchev–Trinajstić information content (AvgIpc) is 2.95. The minimum Gasteiger partial charge on any atom is -0.298 e. The van der Waals surface area contributed by atoms with E-state index in [0.717, 1.165) is 37.7 Å². The van der Waals surface area contributed by atoms with Gasteiger partial charge in [0.05, 0.1) is 5.36 Å². The number of hydrogen-bond acceptors (Lipinski definition) is 5. The number of para-hydroxylation sites is 1. The van der Waals surface area contributed by atoms with Crippen LogP contribution in [0.1, 0.15) is 17.3 Å². The molecule has 0 radical (unpaired) electrons. The predicted octanol–water partition coefficient (Wildman–Crippen LogP) is 5.07. The fourth-order valence-electron chi connectivity index (χ4n) is 5.13. The van der Waals surface area contributed by atoms with Crippen molar-refractivity contribution < 1.29 is 4.79 Å². The third kappa shape index (κ3) is 3.77. The number of rotatable bonds is 3. The van der Waals surface area contributed by atoms with Crippen molar-refractivity contribution in [2.45, 2.75) is 11.9 Å². The van der Waals surface area contributed by atoms with Gasteiger partial charge in [-0.3, -0.25) is 15.1 Å². The van der Waals surface area contributed by atoms with Gasteiger partial charge in [0, 0.05) is 16.5 Å². The molecule has 1 unspecified atom stereocenters. The van der Waals surface area contributed by atoms with Crippen molar-refractivity contribution in [3.05, 3.63) is 131 Å². The second-order valence-electron chi connectivity index (χ2n) is 9.08. The predicted molar refractivity (Wildman–Crippen MR) is 150 cm³/mol. The van der Waals surface area contributed by atoms with Crippen molar-refractivity contribution >= 4 is 50.1 Å². The molecule has 0 fully saturated rings. The summed E-state index contributed by atoms with van der Waals surface area (Å²) in [6, 6.07) is 36.9. The standard InChI is InChI=1S/C31H22N4OS/c36-30-28-25-16-8-9-17-26(25)32-29(35(28)34-31(33-30)37-19-20-10-2-1-3-11-20)27-23-14-6-4-12-21(23)18-22-13-5-7-15-24(22)27/h1-18,29H,19H2,(H,33,34,36). The lowest BCUT2D eigenvalue weighted by Crippen LogP contribution is -2.50. The van der Waals surface area contributed by atoms with Gasteiger partial charge < -0.3 is 0 Å². The first-order chi connectivity index (χ1) is 18.3. The van der Waals surface area contributed by atoms with E-state index in [2.05, 4.69) is 72.0 Å². The van der Waals surface area contributed by atoms with E-state index >= 15 is 0 Å². The van der Waals surface area contributed by atoms with E-state index in [-0.39, 0.29) is 5.91 Å². The van der Waals surface area contributed by atoms with Crippen molar-refractivity contribution in [2.24, 2.45) is 10.1 Å². The maximum absolute atomic E-state index is 13.6. The Morgan fingerprint density at radius 3 is 2.19 bits per heavy atom. The summed E-state index contributed by atoms with van der Waals surface area (Å²) in [5.74, 6) is 0.543. The number of fused-ring (bicyclic) bond motifs is 4. The lowest BCUT2D eigenvalue weighted by atomic mass is 9.94. The molecule has 37 heavy (non-hydrogen) atoms. The zero-order valence-corrected chi connectivity index (χ0v) is 20.7. The number of carbonyl (C=O) groups excluding carboxylic acids is 1. The molecule has 7 rings (SSSR count). The molecule has 0 saturated carbocycles. The van der Waals surface area contributed by atoms with Crippen LogP contribution in [0.15, 0.2) is 119 Å². The van der Waals surface area contributed by atoms with E-state index in [4.69, 9.17) is 10.1 Å². The number of nitrogens with one attached hydrogen (secondary N) is 1. The molecule has 2 aliphatic heterocycles. The number of thioether (sulfide) groups is 1. The number of amides is 1. The highest BCUT2D eigenvalue weighted by Crippen LogP contribution is 2.39. The third-order valence-electron chi connectivity index (χ3n) is 6.80. The minimum atomic E-state index is -0.487. The summed E-state index contributed by atoms with van der Waals surface area (Å²) in [5.41, 5.74) is 2.74. The van der Waals surface area contributed by atoms with Crippen LogP contribution in [0.4, 0.5) is 0 Å². The SMILES string of the molecule is O=C1NC(SCc2ccccc2)=NN2C1=c1ccccc1=NC2c1c2ccccc2cc2ccccc12. The van der Waals surface area contributed by atoms with Crippen LogP contribution in [0.25, 0.3) is 27.2 Å². The van der Waals surface area contributed by atoms with Crippen LogP contribution in [0.2, 0.25) is 0 Å². The number of nitrogens with zero attached hydrogens (tertiary/aromatic N) is 3. The van der Waals surface area contributed by atoms with E-state index in [9.17, 15) is 4.79 Å². The second kappa shape index (κ2) is 8.91. The maximum atomic E-state index is 13.6. The van der Waals surface area contributed by atoms with Crippen LogP contribution in [0.5, 0.6) is 0 Å². The number of hydrogen-bond donors (Lipinski definition) is 1. The first-order valence-corrected chi connectivity index (χ1v) is 13.2. The Kier molecular flexibility index (Phi) is 5.26. The van der Waals surface area contributed by atoms with Gasteiger partial charge in [0.1, 0.15) is 5.70 Å². The van der Waals surface area contributed by atoms with Crippen LogP contribution < -0.4 is 15.9 Å². The van der Waals surface area contributed by atoms with E-state index in [1.807, 2.05) is 47.5 Å². The molecule has 0 spiro atoms. The molecule has 2 heterocycles. The summed E-state index contributed by atoms with van der Waals surface area (Å²) in [6.07, 6.45) is -0.487. The fourth-order valence-corrected chi connectivity index (χ4v) is 5.94. The van der Waals surface area contributed by atoms with E-state index in [0.29, 0.717) is 16.6 Å². The molecule has 0 bridgehead atoms. The highest BCUT2D eigenvalue weighted by atomic mass is 32.2. The molecular formula is C31H22N4OS. The highest BCUT2D eigenvalue weighted by molar-refractivity contribution is 8.13. The molecule has 0 aliphatic carbocycles. The van der Waals surface area contributed by atoms with Gasteiger partial charge in [-0.05, 0) is 39.2 Å². The van der Waals surface area contributed by atoms with Gasteiger partial charge in [0.15, 0.2) is 11.3 Å². The maximum Gasteiger partial charge on any atom is 0.276 e. The summed E-state index contributed by atoms with van der Waals surface area (Å²) < 4.78 is 0. The molecule has 1 atom stereocenters. The zero-order chi connectivity index (χ0) is 24.8. The van der Waals surface area contributed by atoms with Crippen molar-refractivity contribution in [2.75, 3.05) is 0 Å². The Balaban J connectivity index is 1.45. The van der Waals surface area contributed by atoms with Gasteiger partial charge in [-0.15, -0.1) is 5.10 Å². The topological polar surface area (TPSA) is 57.1 Å². The van der Waals surface area contributed by atoms with E-state index < -0.39 is 6.17 Å². The quantitative estimate of drug-likeness (QED) is 0.354. The molecule has 5 nitrogen and oxygen atoms in total. The first-order valence-electron chi connectivity index (χ1n) is 12.2. The minimum absolute atomic E-state index is 0.164. The fraction of sp³-hybridized carbons (Fsp3) is 0.0645. The van der Waals surface area contributed by atoms with Crippen LogP contribution in [0, 0.1) is 0 Å². The van der Waals surface area contributed by atoms with Crippen molar-refractivity contribution in [3.8, 4) is 0 Å². The molecule has 5 aromatic rings. The Morgan fingerprint density at radius 1 is 0.784 bits per heavy atom. The number of amidine groups is 1. The lowest BCUT2D eigenvalue weighted by Gasteiger charge is -2.35. The molecule has 0 saturated heterocycles. The van der Waals surface area contributed by atoms with Crippen molar-refractivity contribution in [1.29, 1.82) is 0 Å². The summed E-state index contributed by atoms with van der Waals surface area (Å²) in [7, 11) is 0. The number of carbonyl (C=O) groups is 1. The Bertz CT molecular complexity index is 1790. The highest BCUT2D eigenvalue weighted by Gasteiger charge is 2.35. The number of benzene rings is 5. The van der Waals surface area contributed by atoms with Crippen LogP contribution >= 0.6 is 11.8 Å². The van der Waals surface area contributed by atoms with Crippen LogP contribution in [-0.4, -0.2) is 16.1 Å². The first kappa shape index (κ1) is 21.8. The monoisotopic (exact) mass is 498 g/mol. The molecule has 0 aromatic heterocycles. The van der Waals surface area contributed by atoms with E-state index in [1.54, 1.807) is 0 Å². The Labute approximate surface area is 217 Å². The molecule has 1 amide bonds. The lowest BCUT2D eigenvalue weighted by molar-refractivity contribution is -0.116. The van der Waals surface area contributed by atoms with Gasteiger partial charge in [0.2, 0.25) is 0 Å². The summed E-state index contributed by atoms with van der Waals surface area (Å²) >= 11 is 1.52. The molecular weight excluding hydrogens is 476 g/mol. The Hall–Kier alpha value is -4.42. The smallest absolute Gasteiger partial charge is 0.276 e. The van der Waals surface area contributed by atoms with Crippen molar-refractivity contribution in [3.63, 3.8) is 0 Å². The van der Waals surface area contributed by atoms with Crippen LogP contribution in [-0.2, 0) is 10.5 Å². The van der Waals surface area contributed by atoms with Gasteiger partial charge in [0.25, 0.3) is 5.91 Å². The van der Waals surface area contributed by atoms with Crippen molar-refractivity contribution in [1.82, 2.24) is 10.3 Å². The van der Waals surface area contributed by atoms with Gasteiger partial charge in [-0.25, -0.2) is 5.01 Å². The molecule has 2 aliphatic rings. The summed E-state index contributed by atoms with van der Waals surface area (Å²) in [5, 5.41) is 16.5. The molecule has 6 heteroatoms. The summed E-state index contributed by atoms with van der Waals surface area (Å²) in [4.78, 5) is 18.8. The zero-order valence-electron chi connectivity index (χ0n) is 19.8. The third-order valence-corrected chi connectivity index (χ3v) is 7.74. The van der Waals surface area contributed by atoms with Gasteiger partial charge in [-0.1, -0.05) is 109 Å². The van der Waals surface area contributed by atoms with E-state index in [1.165, 1.54) is 17.3 Å². The average molecular weight is 499 g/mol. The summed E-state index contributed by atoms with van der Waals surface area (Å²) in [6.45, 7) is 0. The van der Waals surface area contributed by atoms with Gasteiger partial charge in [-0.2, -0.15) is 0 Å². The number of hydrazone groups is 1. The molecule has 178 valence electrons.